The van der Waals surface area contributed by atoms with E-state index in [1.54, 1.807) is 0 Å². The summed E-state index contributed by atoms with van der Waals surface area (Å²) in [6.07, 6.45) is 0. The first kappa shape index (κ1) is 12.3. The molecule has 2 heteroatoms. The van der Waals surface area contributed by atoms with Crippen LogP contribution >= 0.6 is 15.9 Å². The lowest BCUT2D eigenvalue weighted by atomic mass is 10.1. The molecule has 0 saturated carbocycles. The van der Waals surface area contributed by atoms with Gasteiger partial charge in [0, 0.05) is 17.6 Å². The summed E-state index contributed by atoms with van der Waals surface area (Å²) < 4.78 is 1.14. The molecule has 0 unspecified atom stereocenters. The largest absolute Gasteiger partial charge is 0.309 e. The van der Waals surface area contributed by atoms with Crippen LogP contribution in [0.1, 0.15) is 16.7 Å². The molecule has 0 atom stereocenters. The summed E-state index contributed by atoms with van der Waals surface area (Å²) in [5.41, 5.74) is 3.99. The maximum absolute atomic E-state index is 3.48. The summed E-state index contributed by atoms with van der Waals surface area (Å²) in [6, 6.07) is 16.9. The molecule has 0 fully saturated rings. The number of rotatable bonds is 4. The van der Waals surface area contributed by atoms with Gasteiger partial charge in [-0.05, 0) is 35.7 Å². The van der Waals surface area contributed by atoms with E-state index in [1.807, 2.05) is 6.07 Å². The molecule has 2 rings (SSSR count). The van der Waals surface area contributed by atoms with Gasteiger partial charge in [0.05, 0.1) is 0 Å². The van der Waals surface area contributed by atoms with Crippen molar-refractivity contribution in [2.75, 3.05) is 0 Å². The molecule has 0 bridgehead atoms. The van der Waals surface area contributed by atoms with Gasteiger partial charge in [0.15, 0.2) is 0 Å². The SMILES string of the molecule is Cc1cc(Br)ccc1CNCc1ccccc1. The zero-order chi connectivity index (χ0) is 12.1. The van der Waals surface area contributed by atoms with Crippen molar-refractivity contribution in [3.63, 3.8) is 0 Å². The van der Waals surface area contributed by atoms with Crippen molar-refractivity contribution >= 4 is 15.9 Å². The summed E-state index contributed by atoms with van der Waals surface area (Å²) in [7, 11) is 0. The van der Waals surface area contributed by atoms with Gasteiger partial charge in [0.25, 0.3) is 0 Å². The second kappa shape index (κ2) is 5.99. The first-order valence-corrected chi connectivity index (χ1v) is 6.54. The molecule has 17 heavy (non-hydrogen) atoms. The third-order valence-electron chi connectivity index (χ3n) is 2.79. The predicted octanol–water partition coefficient (Wildman–Crippen LogP) is 4.05. The molecular formula is C15H16BrN. The Balaban J connectivity index is 1.90. The number of benzene rings is 2. The van der Waals surface area contributed by atoms with Crippen LogP contribution < -0.4 is 5.32 Å². The zero-order valence-corrected chi connectivity index (χ0v) is 11.5. The minimum absolute atomic E-state index is 0.911. The Hall–Kier alpha value is -1.12. The van der Waals surface area contributed by atoms with Gasteiger partial charge in [-0.3, -0.25) is 0 Å². The molecule has 0 aliphatic heterocycles. The molecule has 0 radical (unpaired) electrons. The molecule has 0 heterocycles. The van der Waals surface area contributed by atoms with E-state index in [-0.39, 0.29) is 0 Å². The van der Waals surface area contributed by atoms with Crippen LogP contribution in [0, 0.1) is 6.92 Å². The summed E-state index contributed by atoms with van der Waals surface area (Å²) in [4.78, 5) is 0. The van der Waals surface area contributed by atoms with E-state index in [0.717, 1.165) is 17.6 Å². The predicted molar refractivity (Wildman–Crippen MR) is 75.9 cm³/mol. The summed E-state index contributed by atoms with van der Waals surface area (Å²) in [6.45, 7) is 3.97. The first-order chi connectivity index (χ1) is 8.25. The summed E-state index contributed by atoms with van der Waals surface area (Å²) >= 11 is 3.48. The quantitative estimate of drug-likeness (QED) is 0.896. The van der Waals surface area contributed by atoms with Crippen molar-refractivity contribution in [2.45, 2.75) is 20.0 Å². The van der Waals surface area contributed by atoms with E-state index >= 15 is 0 Å². The molecule has 0 amide bonds. The number of hydrogen-bond acceptors (Lipinski definition) is 1. The summed E-state index contributed by atoms with van der Waals surface area (Å²) in [5, 5.41) is 3.46. The Morgan fingerprint density at radius 2 is 1.76 bits per heavy atom. The van der Waals surface area contributed by atoms with Crippen LogP contribution in [0.15, 0.2) is 53.0 Å². The van der Waals surface area contributed by atoms with Gasteiger partial charge in [-0.1, -0.05) is 52.3 Å². The number of aryl methyl sites for hydroxylation is 1. The fourth-order valence-corrected chi connectivity index (χ4v) is 2.27. The van der Waals surface area contributed by atoms with Crippen LogP contribution in [0.4, 0.5) is 0 Å². The van der Waals surface area contributed by atoms with Crippen molar-refractivity contribution < 1.29 is 0 Å². The first-order valence-electron chi connectivity index (χ1n) is 5.75. The lowest BCUT2D eigenvalue weighted by molar-refractivity contribution is 0.690. The molecule has 2 aromatic rings. The Labute approximate surface area is 111 Å². The number of hydrogen-bond donors (Lipinski definition) is 1. The van der Waals surface area contributed by atoms with Crippen molar-refractivity contribution in [1.82, 2.24) is 5.32 Å². The van der Waals surface area contributed by atoms with E-state index in [0.29, 0.717) is 0 Å². The van der Waals surface area contributed by atoms with E-state index in [1.165, 1.54) is 16.7 Å². The molecule has 88 valence electrons. The molecule has 1 N–H and O–H groups in total. The highest BCUT2D eigenvalue weighted by molar-refractivity contribution is 9.10. The highest BCUT2D eigenvalue weighted by Crippen LogP contribution is 2.15. The molecule has 1 nitrogen and oxygen atoms in total. The van der Waals surface area contributed by atoms with E-state index < -0.39 is 0 Å². The topological polar surface area (TPSA) is 12.0 Å². The van der Waals surface area contributed by atoms with Crippen LogP contribution in [0.25, 0.3) is 0 Å². The maximum Gasteiger partial charge on any atom is 0.0211 e. The molecule has 2 aromatic carbocycles. The Morgan fingerprint density at radius 3 is 2.47 bits per heavy atom. The van der Waals surface area contributed by atoms with Crippen LogP contribution in [0.2, 0.25) is 0 Å². The lowest BCUT2D eigenvalue weighted by Gasteiger charge is -2.08. The van der Waals surface area contributed by atoms with Gasteiger partial charge in [-0.15, -0.1) is 0 Å². The number of halogens is 1. The number of nitrogens with one attached hydrogen (secondary N) is 1. The van der Waals surface area contributed by atoms with Gasteiger partial charge in [0.2, 0.25) is 0 Å². The van der Waals surface area contributed by atoms with Gasteiger partial charge in [0.1, 0.15) is 0 Å². The van der Waals surface area contributed by atoms with E-state index in [9.17, 15) is 0 Å². The standard InChI is InChI=1S/C15H16BrN/c1-12-9-15(16)8-7-14(12)11-17-10-13-5-3-2-4-6-13/h2-9,17H,10-11H2,1H3. The lowest BCUT2D eigenvalue weighted by Crippen LogP contribution is -2.13. The molecule has 0 saturated heterocycles. The minimum atomic E-state index is 0.911. The minimum Gasteiger partial charge on any atom is -0.309 e. The molecule has 0 aliphatic carbocycles. The normalized spacial score (nSPS) is 10.5. The van der Waals surface area contributed by atoms with E-state index in [4.69, 9.17) is 0 Å². The van der Waals surface area contributed by atoms with E-state index in [2.05, 4.69) is 70.6 Å². The zero-order valence-electron chi connectivity index (χ0n) is 9.91. The average molecular weight is 290 g/mol. The Bertz CT molecular complexity index is 480. The monoisotopic (exact) mass is 289 g/mol. The third-order valence-corrected chi connectivity index (χ3v) is 3.29. The molecule has 0 spiro atoms. The fraction of sp³-hybridized carbons (Fsp3) is 0.200. The maximum atomic E-state index is 3.48. The van der Waals surface area contributed by atoms with Crippen molar-refractivity contribution in [2.24, 2.45) is 0 Å². The fourth-order valence-electron chi connectivity index (χ4n) is 1.80. The Kier molecular flexibility index (Phi) is 4.35. The van der Waals surface area contributed by atoms with Crippen LogP contribution in [0.3, 0.4) is 0 Å². The van der Waals surface area contributed by atoms with Crippen LogP contribution in [0.5, 0.6) is 0 Å². The Morgan fingerprint density at radius 1 is 1.00 bits per heavy atom. The smallest absolute Gasteiger partial charge is 0.0211 e. The van der Waals surface area contributed by atoms with Crippen molar-refractivity contribution in [3.05, 3.63) is 69.7 Å². The van der Waals surface area contributed by atoms with Gasteiger partial charge in [-0.25, -0.2) is 0 Å². The second-order valence-corrected chi connectivity index (χ2v) is 5.08. The van der Waals surface area contributed by atoms with Gasteiger partial charge < -0.3 is 5.32 Å². The van der Waals surface area contributed by atoms with Gasteiger partial charge in [-0.2, -0.15) is 0 Å². The van der Waals surface area contributed by atoms with Gasteiger partial charge >= 0.3 is 0 Å². The van der Waals surface area contributed by atoms with Crippen molar-refractivity contribution in [1.29, 1.82) is 0 Å². The summed E-state index contributed by atoms with van der Waals surface area (Å²) in [5.74, 6) is 0. The van der Waals surface area contributed by atoms with Crippen LogP contribution in [-0.4, -0.2) is 0 Å². The molecule has 0 aromatic heterocycles. The van der Waals surface area contributed by atoms with Crippen molar-refractivity contribution in [3.8, 4) is 0 Å². The third kappa shape index (κ3) is 3.69. The highest BCUT2D eigenvalue weighted by atomic mass is 79.9. The average Bonchev–Trinajstić information content (AvgIpc) is 2.33. The molecule has 0 aliphatic rings. The highest BCUT2D eigenvalue weighted by Gasteiger charge is 1.98. The van der Waals surface area contributed by atoms with Crippen LogP contribution in [-0.2, 0) is 13.1 Å². The molecular weight excluding hydrogens is 274 g/mol. The second-order valence-electron chi connectivity index (χ2n) is 4.16.